The molecule has 0 amide bonds. The molecule has 5 nitrogen and oxygen atoms in total. The van der Waals surface area contributed by atoms with Crippen LogP contribution in [0.15, 0.2) is 12.1 Å². The van der Waals surface area contributed by atoms with Crippen LogP contribution in [0.1, 0.15) is 27.6 Å². The number of aldehydes is 1. The molecule has 1 aromatic rings. The molecule has 0 N–H and O–H groups in total. The van der Waals surface area contributed by atoms with E-state index >= 15 is 0 Å². The van der Waals surface area contributed by atoms with Crippen molar-refractivity contribution in [2.75, 3.05) is 13.7 Å². The van der Waals surface area contributed by atoms with Gasteiger partial charge in [0.1, 0.15) is 6.29 Å². The Balaban J connectivity index is 0.00000256. The quantitative estimate of drug-likeness (QED) is 0.425. The molecule has 0 aliphatic heterocycles. The van der Waals surface area contributed by atoms with E-state index in [9.17, 15) is 14.7 Å². The normalized spacial score (nSPS) is 9.06. The Bertz CT molecular complexity index is 417. The Morgan fingerprint density at radius 1 is 1.47 bits per heavy atom. The number of carbonyl (C=O) groups excluding carboxylic acids is 2. The molecule has 0 atom stereocenters. The first-order valence-corrected chi connectivity index (χ1v) is 4.65. The van der Waals surface area contributed by atoms with Crippen molar-refractivity contribution in [2.45, 2.75) is 6.92 Å². The zero-order chi connectivity index (χ0) is 12.1. The van der Waals surface area contributed by atoms with Gasteiger partial charge in [0.2, 0.25) is 0 Å². The summed E-state index contributed by atoms with van der Waals surface area (Å²) in [7, 11) is 1.37. The number of rotatable bonds is 5. The summed E-state index contributed by atoms with van der Waals surface area (Å²) < 4.78 is 10.1. The molecule has 1 rings (SSSR count). The van der Waals surface area contributed by atoms with E-state index in [1.165, 1.54) is 19.2 Å². The monoisotopic (exact) mass is 262 g/mol. The molecule has 17 heavy (non-hydrogen) atoms. The molecule has 0 saturated heterocycles. The van der Waals surface area contributed by atoms with E-state index in [-0.39, 0.29) is 80.6 Å². The van der Waals surface area contributed by atoms with Crippen LogP contribution in [0.4, 0.5) is 0 Å². The smallest absolute Gasteiger partial charge is 0.545 e. The molecule has 86 valence electrons. The Hall–Kier alpha value is -0.404. The third-order valence-corrected chi connectivity index (χ3v) is 1.94. The molecule has 0 heterocycles. The van der Waals surface area contributed by atoms with Crippen LogP contribution >= 0.6 is 0 Å². The van der Waals surface area contributed by atoms with Gasteiger partial charge in [-0.05, 0) is 19.1 Å². The van der Waals surface area contributed by atoms with Crippen molar-refractivity contribution in [3.8, 4) is 11.5 Å². The maximum atomic E-state index is 10.9. The third kappa shape index (κ3) is 4.08. The van der Waals surface area contributed by atoms with Gasteiger partial charge in [-0.15, -0.1) is 0 Å². The van der Waals surface area contributed by atoms with Gasteiger partial charge in [-0.2, -0.15) is 0 Å². The van der Waals surface area contributed by atoms with Gasteiger partial charge in [0.05, 0.1) is 19.7 Å². The van der Waals surface area contributed by atoms with Crippen molar-refractivity contribution in [1.82, 2.24) is 0 Å². The van der Waals surface area contributed by atoms with Crippen LogP contribution in [0.5, 0.6) is 11.5 Å². The van der Waals surface area contributed by atoms with E-state index in [1.807, 2.05) is 0 Å². The number of ether oxygens (including phenoxy) is 2. The van der Waals surface area contributed by atoms with Gasteiger partial charge in [0, 0.05) is 11.1 Å². The molecule has 1 aromatic carbocycles. The van der Waals surface area contributed by atoms with Gasteiger partial charge < -0.3 is 19.4 Å². The number of hydrogen-bond acceptors (Lipinski definition) is 5. The molecule has 0 unspecified atom stereocenters. The predicted octanol–water partition coefficient (Wildman–Crippen LogP) is -2.73. The molecular formula is C11H11KO5. The second kappa shape index (κ2) is 7.83. The average molecular weight is 262 g/mol. The maximum Gasteiger partial charge on any atom is 1.00 e. The first-order valence-electron chi connectivity index (χ1n) is 4.65. The Morgan fingerprint density at radius 3 is 2.53 bits per heavy atom. The zero-order valence-corrected chi connectivity index (χ0v) is 13.1. The Kier molecular flexibility index (Phi) is 7.65. The fraction of sp³-hybridized carbons (Fsp3) is 0.273. The van der Waals surface area contributed by atoms with Gasteiger partial charge in [-0.1, -0.05) is 0 Å². The van der Waals surface area contributed by atoms with Crippen LogP contribution in [0.3, 0.4) is 0 Å². The van der Waals surface area contributed by atoms with E-state index in [0.717, 1.165) is 0 Å². The van der Waals surface area contributed by atoms with Crippen LogP contribution in [-0.4, -0.2) is 26.0 Å². The summed E-state index contributed by atoms with van der Waals surface area (Å²) in [5.41, 5.74) is 0.00260. The Morgan fingerprint density at radius 2 is 2.12 bits per heavy atom. The number of carboxylic acid groups (broad SMARTS) is 1. The van der Waals surface area contributed by atoms with Gasteiger partial charge >= 0.3 is 51.4 Å². The summed E-state index contributed by atoms with van der Waals surface area (Å²) in [5, 5.41) is 10.9. The van der Waals surface area contributed by atoms with Crippen molar-refractivity contribution >= 4 is 12.3 Å². The van der Waals surface area contributed by atoms with Crippen molar-refractivity contribution in [3.05, 3.63) is 23.3 Å². The molecule has 0 aromatic heterocycles. The van der Waals surface area contributed by atoms with Crippen LogP contribution in [0.25, 0.3) is 0 Å². The van der Waals surface area contributed by atoms with Gasteiger partial charge in [0.15, 0.2) is 11.5 Å². The average Bonchev–Trinajstić information content (AvgIpc) is 2.29. The minimum absolute atomic E-state index is 0. The van der Waals surface area contributed by atoms with E-state index in [2.05, 4.69) is 0 Å². The summed E-state index contributed by atoms with van der Waals surface area (Å²) in [4.78, 5) is 21.5. The molecule has 0 bridgehead atoms. The van der Waals surface area contributed by atoms with Crippen LogP contribution in [-0.2, 0) is 0 Å². The number of carboxylic acids is 1. The summed E-state index contributed by atoms with van der Waals surface area (Å²) >= 11 is 0. The number of carbonyl (C=O) groups is 2. The number of benzene rings is 1. The molecule has 0 saturated carbocycles. The van der Waals surface area contributed by atoms with E-state index in [1.54, 1.807) is 6.92 Å². The van der Waals surface area contributed by atoms with Crippen LogP contribution in [0.2, 0.25) is 0 Å². The minimum atomic E-state index is -1.41. The molecular weight excluding hydrogens is 251 g/mol. The van der Waals surface area contributed by atoms with E-state index in [0.29, 0.717) is 6.29 Å². The van der Waals surface area contributed by atoms with Gasteiger partial charge in [-0.25, -0.2) is 0 Å². The second-order valence-electron chi connectivity index (χ2n) is 2.94. The van der Waals surface area contributed by atoms with Gasteiger partial charge in [-0.3, -0.25) is 4.79 Å². The summed E-state index contributed by atoms with van der Waals surface area (Å²) in [6.07, 6.45) is 0.532. The van der Waals surface area contributed by atoms with E-state index < -0.39 is 5.97 Å². The first-order chi connectivity index (χ1) is 7.63. The molecule has 0 aliphatic rings. The van der Waals surface area contributed by atoms with Gasteiger partial charge in [0.25, 0.3) is 0 Å². The number of hydrogen-bond donors (Lipinski definition) is 0. The largest absolute Gasteiger partial charge is 1.00 e. The summed E-state index contributed by atoms with van der Waals surface area (Å²) in [6.45, 7) is 2.00. The maximum absolute atomic E-state index is 10.9. The predicted molar refractivity (Wildman–Crippen MR) is 53.9 cm³/mol. The zero-order valence-electron chi connectivity index (χ0n) is 9.98. The van der Waals surface area contributed by atoms with Crippen molar-refractivity contribution in [2.24, 2.45) is 0 Å². The second-order valence-corrected chi connectivity index (χ2v) is 2.94. The fourth-order valence-electron chi connectivity index (χ4n) is 1.29. The molecule has 0 radical (unpaired) electrons. The molecule has 0 fully saturated rings. The van der Waals surface area contributed by atoms with E-state index in [4.69, 9.17) is 9.47 Å². The topological polar surface area (TPSA) is 75.7 Å². The first kappa shape index (κ1) is 16.6. The number of methoxy groups -OCH3 is 1. The molecule has 0 aliphatic carbocycles. The Labute approximate surface area is 142 Å². The summed E-state index contributed by atoms with van der Waals surface area (Å²) in [6, 6.07) is 2.60. The minimum Gasteiger partial charge on any atom is -0.545 e. The SMILES string of the molecule is CCOc1c(OC)cc(C=O)cc1C(=O)[O-].[K+]. The summed E-state index contributed by atoms with van der Waals surface area (Å²) in [5.74, 6) is -1.13. The van der Waals surface area contributed by atoms with Crippen LogP contribution in [0, 0.1) is 0 Å². The number of aromatic carboxylic acids is 1. The van der Waals surface area contributed by atoms with Crippen LogP contribution < -0.4 is 66.0 Å². The third-order valence-electron chi connectivity index (χ3n) is 1.94. The fourth-order valence-corrected chi connectivity index (χ4v) is 1.29. The molecule has 6 heteroatoms. The van der Waals surface area contributed by atoms with Crippen molar-refractivity contribution < 1.29 is 75.6 Å². The van der Waals surface area contributed by atoms with Crippen molar-refractivity contribution in [1.29, 1.82) is 0 Å². The van der Waals surface area contributed by atoms with Crippen molar-refractivity contribution in [3.63, 3.8) is 0 Å². The standard InChI is InChI=1S/C11H12O5.K/c1-3-16-10-8(11(13)14)4-7(6-12)5-9(10)15-2;/h4-6H,3H2,1-2H3,(H,13,14);/q;+1/p-1. The molecule has 0 spiro atoms.